The highest BCUT2D eigenvalue weighted by Crippen LogP contribution is 2.36. The van der Waals surface area contributed by atoms with Gasteiger partial charge >= 0.3 is 23.9 Å². The zero-order chi connectivity index (χ0) is 18.6. The van der Waals surface area contributed by atoms with Gasteiger partial charge in [0, 0.05) is 5.56 Å². The number of rotatable bonds is 3. The summed E-state index contributed by atoms with van der Waals surface area (Å²) in [6.45, 7) is 1.47. The summed E-state index contributed by atoms with van der Waals surface area (Å²) in [6.07, 6.45) is -1.00. The number of fused-ring (bicyclic) bond motifs is 2. The minimum Gasteiger partial charge on any atom is -0.457 e. The van der Waals surface area contributed by atoms with E-state index in [1.807, 2.05) is 0 Å². The van der Waals surface area contributed by atoms with Crippen molar-refractivity contribution in [2.75, 3.05) is 0 Å². The molecule has 0 bridgehead atoms. The average Bonchev–Trinajstić information content (AvgIpc) is 3.03. The highest BCUT2D eigenvalue weighted by molar-refractivity contribution is 6.15. The Balaban J connectivity index is 1.77. The topological polar surface area (TPSA) is 116 Å². The van der Waals surface area contributed by atoms with E-state index in [9.17, 15) is 24.3 Å². The number of esters is 4. The van der Waals surface area contributed by atoms with Crippen molar-refractivity contribution in [1.29, 1.82) is 0 Å². The maximum Gasteiger partial charge on any atom is 0.347 e. The molecule has 2 aliphatic rings. The van der Waals surface area contributed by atoms with Crippen molar-refractivity contribution in [3.05, 3.63) is 58.1 Å². The van der Waals surface area contributed by atoms with Gasteiger partial charge in [0.1, 0.15) is 11.5 Å². The van der Waals surface area contributed by atoms with E-state index in [-0.39, 0.29) is 39.3 Å². The van der Waals surface area contributed by atoms with Crippen LogP contribution in [0.1, 0.15) is 60.0 Å². The lowest BCUT2D eigenvalue weighted by molar-refractivity contribution is 0.0425. The number of cyclic esters (lactones) is 4. The Morgan fingerprint density at radius 1 is 0.808 bits per heavy atom. The molecule has 0 spiro atoms. The predicted octanol–water partition coefficient (Wildman–Crippen LogP) is 2.15. The monoisotopic (exact) mass is 354 g/mol. The van der Waals surface area contributed by atoms with Crippen molar-refractivity contribution in [1.82, 2.24) is 0 Å². The first-order chi connectivity index (χ1) is 12.3. The van der Waals surface area contributed by atoms with E-state index in [2.05, 4.69) is 9.47 Å². The predicted molar refractivity (Wildman–Crippen MR) is 83.1 cm³/mol. The van der Waals surface area contributed by atoms with E-state index >= 15 is 0 Å². The van der Waals surface area contributed by atoms with Gasteiger partial charge in [-0.05, 0) is 37.3 Å². The lowest BCUT2D eigenvalue weighted by atomic mass is 10.0. The van der Waals surface area contributed by atoms with Crippen LogP contribution in [-0.4, -0.2) is 29.0 Å². The third kappa shape index (κ3) is 2.35. The van der Waals surface area contributed by atoms with Gasteiger partial charge in [-0.2, -0.15) is 0 Å². The van der Waals surface area contributed by atoms with Gasteiger partial charge < -0.3 is 19.3 Å². The lowest BCUT2D eigenvalue weighted by Gasteiger charge is -2.14. The molecule has 1 N–H and O–H groups in total. The van der Waals surface area contributed by atoms with Gasteiger partial charge in [0.2, 0.25) is 0 Å². The lowest BCUT2D eigenvalue weighted by Crippen LogP contribution is -2.02. The van der Waals surface area contributed by atoms with Crippen molar-refractivity contribution < 1.29 is 38.5 Å². The minimum atomic E-state index is -1.00. The second-order valence-electron chi connectivity index (χ2n) is 5.77. The molecule has 1 unspecified atom stereocenters. The maximum atomic E-state index is 11.7. The van der Waals surface area contributed by atoms with Gasteiger partial charge in [0.05, 0.1) is 28.4 Å². The standard InChI is InChI=1S/C18H10O8/c1-7(19)10-5-12-13(18(23)26-17(12)22)6-14(10)24-8-2-3-9-11(4-8)16(21)25-15(9)20/h2-7,19H,1H3. The number of carbonyl (C=O) groups excluding carboxylic acids is 4. The van der Waals surface area contributed by atoms with Gasteiger partial charge in [-0.1, -0.05) is 0 Å². The maximum absolute atomic E-state index is 11.7. The van der Waals surface area contributed by atoms with Crippen molar-refractivity contribution in [2.24, 2.45) is 0 Å². The fourth-order valence-electron chi connectivity index (χ4n) is 2.80. The summed E-state index contributed by atoms with van der Waals surface area (Å²) in [7, 11) is 0. The Hall–Kier alpha value is -3.52. The van der Waals surface area contributed by atoms with Crippen LogP contribution in [0.4, 0.5) is 0 Å². The molecule has 26 heavy (non-hydrogen) atoms. The number of aliphatic hydroxyl groups is 1. The van der Waals surface area contributed by atoms with E-state index in [0.717, 1.165) is 0 Å². The molecule has 8 nitrogen and oxygen atoms in total. The third-order valence-electron chi connectivity index (χ3n) is 4.07. The molecule has 0 saturated heterocycles. The average molecular weight is 354 g/mol. The second-order valence-corrected chi connectivity index (χ2v) is 5.77. The molecular weight excluding hydrogens is 344 g/mol. The molecule has 130 valence electrons. The molecule has 8 heteroatoms. The third-order valence-corrected chi connectivity index (χ3v) is 4.07. The highest BCUT2D eigenvalue weighted by atomic mass is 16.6. The largest absolute Gasteiger partial charge is 0.457 e. The highest BCUT2D eigenvalue weighted by Gasteiger charge is 2.33. The molecule has 0 radical (unpaired) electrons. The second kappa shape index (κ2) is 5.50. The van der Waals surface area contributed by atoms with Crippen molar-refractivity contribution in [3.8, 4) is 11.5 Å². The number of aliphatic hydroxyl groups excluding tert-OH is 1. The quantitative estimate of drug-likeness (QED) is 0.658. The van der Waals surface area contributed by atoms with Gasteiger partial charge in [0.25, 0.3) is 0 Å². The first-order valence-corrected chi connectivity index (χ1v) is 7.56. The van der Waals surface area contributed by atoms with Crippen molar-refractivity contribution in [2.45, 2.75) is 13.0 Å². The molecule has 1 atom stereocenters. The van der Waals surface area contributed by atoms with Crippen LogP contribution in [0.15, 0.2) is 30.3 Å². The summed E-state index contributed by atoms with van der Waals surface area (Å²) >= 11 is 0. The molecule has 0 aliphatic carbocycles. The molecule has 0 aromatic heterocycles. The summed E-state index contributed by atoms with van der Waals surface area (Å²) in [5.74, 6) is -2.82. The minimum absolute atomic E-state index is 0.0187. The van der Waals surface area contributed by atoms with Crippen LogP contribution in [0.2, 0.25) is 0 Å². The fraction of sp³-hybridized carbons (Fsp3) is 0.111. The molecule has 0 amide bonds. The number of ether oxygens (including phenoxy) is 3. The van der Waals surface area contributed by atoms with E-state index in [1.165, 1.54) is 37.3 Å². The molecule has 0 fully saturated rings. The van der Waals surface area contributed by atoms with Crippen LogP contribution in [-0.2, 0) is 9.47 Å². The van der Waals surface area contributed by atoms with Crippen LogP contribution < -0.4 is 4.74 Å². The summed E-state index contributed by atoms with van der Waals surface area (Å²) in [5.41, 5.74) is 0.504. The Bertz CT molecular complexity index is 1020. The first kappa shape index (κ1) is 16.0. The van der Waals surface area contributed by atoms with Crippen LogP contribution >= 0.6 is 0 Å². The van der Waals surface area contributed by atoms with Crippen LogP contribution in [0.25, 0.3) is 0 Å². The zero-order valence-electron chi connectivity index (χ0n) is 13.3. The Morgan fingerprint density at radius 2 is 1.35 bits per heavy atom. The molecular formula is C18H10O8. The number of benzene rings is 2. The summed E-state index contributed by atoms with van der Waals surface area (Å²) in [5, 5.41) is 9.96. The zero-order valence-corrected chi connectivity index (χ0v) is 13.3. The van der Waals surface area contributed by atoms with Gasteiger partial charge in [-0.15, -0.1) is 0 Å². The number of hydrogen-bond donors (Lipinski definition) is 1. The Morgan fingerprint density at radius 3 is 1.96 bits per heavy atom. The van der Waals surface area contributed by atoms with Crippen LogP contribution in [0.5, 0.6) is 11.5 Å². The van der Waals surface area contributed by atoms with Crippen LogP contribution in [0.3, 0.4) is 0 Å². The van der Waals surface area contributed by atoms with Gasteiger partial charge in [-0.3, -0.25) is 0 Å². The molecule has 2 aromatic rings. The number of hydrogen-bond acceptors (Lipinski definition) is 8. The van der Waals surface area contributed by atoms with Crippen LogP contribution in [0, 0.1) is 0 Å². The van der Waals surface area contributed by atoms with E-state index < -0.39 is 30.0 Å². The van der Waals surface area contributed by atoms with E-state index in [1.54, 1.807) is 0 Å². The summed E-state index contributed by atoms with van der Waals surface area (Å²) in [4.78, 5) is 46.5. The molecule has 2 aromatic carbocycles. The fourth-order valence-corrected chi connectivity index (χ4v) is 2.80. The summed E-state index contributed by atoms with van der Waals surface area (Å²) < 4.78 is 14.7. The van der Waals surface area contributed by atoms with Crippen molar-refractivity contribution >= 4 is 23.9 Å². The first-order valence-electron chi connectivity index (χ1n) is 7.56. The Kier molecular flexibility index (Phi) is 3.38. The molecule has 4 rings (SSSR count). The van der Waals surface area contributed by atoms with Gasteiger partial charge in [-0.25, -0.2) is 19.2 Å². The Labute approximate surface area is 145 Å². The van der Waals surface area contributed by atoms with Gasteiger partial charge in [0.15, 0.2) is 0 Å². The molecule has 2 aliphatic heterocycles. The molecule has 2 heterocycles. The smallest absolute Gasteiger partial charge is 0.347 e. The summed E-state index contributed by atoms with van der Waals surface area (Å²) in [6, 6.07) is 6.77. The van der Waals surface area contributed by atoms with E-state index in [0.29, 0.717) is 0 Å². The van der Waals surface area contributed by atoms with Crippen molar-refractivity contribution in [3.63, 3.8) is 0 Å². The SMILES string of the molecule is CC(O)c1cc2c(cc1Oc1ccc3c(c1)C(=O)OC3=O)C(=O)OC2=O. The normalized spacial score (nSPS) is 16.1. The number of carbonyl (C=O) groups is 4. The molecule has 0 saturated carbocycles. The van der Waals surface area contributed by atoms with E-state index in [4.69, 9.17) is 4.74 Å².